The minimum absolute atomic E-state index is 0.708. The molecule has 1 atom stereocenters. The van der Waals surface area contributed by atoms with Crippen LogP contribution in [-0.4, -0.2) is 62.7 Å². The molecule has 1 aliphatic rings. The van der Waals surface area contributed by atoms with Crippen LogP contribution in [0.3, 0.4) is 0 Å². The van der Waals surface area contributed by atoms with E-state index in [-0.39, 0.29) is 0 Å². The molecule has 1 aromatic rings. The van der Waals surface area contributed by atoms with Crippen molar-refractivity contribution in [2.45, 2.75) is 31.7 Å². The Morgan fingerprint density at radius 3 is 2.76 bits per heavy atom. The van der Waals surface area contributed by atoms with E-state index in [1.807, 2.05) is 0 Å². The first-order chi connectivity index (χ1) is 10.2. The normalized spacial score (nSPS) is 19.5. The molecular formula is C18H31N3. The van der Waals surface area contributed by atoms with E-state index in [0.29, 0.717) is 6.04 Å². The molecule has 118 valence electrons. The van der Waals surface area contributed by atoms with Crippen LogP contribution in [0.1, 0.15) is 24.8 Å². The third kappa shape index (κ3) is 6.60. The van der Waals surface area contributed by atoms with E-state index in [0.717, 1.165) is 0 Å². The van der Waals surface area contributed by atoms with Gasteiger partial charge in [0.1, 0.15) is 0 Å². The van der Waals surface area contributed by atoms with E-state index in [1.54, 1.807) is 0 Å². The fourth-order valence-electron chi connectivity index (χ4n) is 2.99. The predicted molar refractivity (Wildman–Crippen MR) is 90.8 cm³/mol. The molecule has 0 bridgehead atoms. The highest BCUT2D eigenvalue weighted by Gasteiger charge is 2.21. The van der Waals surface area contributed by atoms with Gasteiger partial charge in [-0.1, -0.05) is 30.3 Å². The van der Waals surface area contributed by atoms with Gasteiger partial charge in [0, 0.05) is 19.1 Å². The summed E-state index contributed by atoms with van der Waals surface area (Å²) in [7, 11) is 4.30. The molecule has 0 aromatic heterocycles. The first-order valence-electron chi connectivity index (χ1n) is 8.38. The lowest BCUT2D eigenvalue weighted by Crippen LogP contribution is -2.34. The number of nitrogens with zero attached hydrogens (tertiary/aromatic N) is 2. The molecule has 0 spiro atoms. The molecule has 0 aliphatic carbocycles. The van der Waals surface area contributed by atoms with Gasteiger partial charge in [-0.05, 0) is 65.0 Å². The molecule has 1 unspecified atom stereocenters. The lowest BCUT2D eigenvalue weighted by atomic mass is 10.1. The quantitative estimate of drug-likeness (QED) is 0.703. The van der Waals surface area contributed by atoms with Crippen LogP contribution in [0.15, 0.2) is 30.3 Å². The summed E-state index contributed by atoms with van der Waals surface area (Å²) in [6.07, 6.45) is 5.07. The smallest absolute Gasteiger partial charge is 0.0207 e. The fraction of sp³-hybridized carbons (Fsp3) is 0.667. The van der Waals surface area contributed by atoms with Crippen molar-refractivity contribution in [2.24, 2.45) is 0 Å². The minimum atomic E-state index is 0.708. The van der Waals surface area contributed by atoms with E-state index in [4.69, 9.17) is 0 Å². The van der Waals surface area contributed by atoms with Crippen LogP contribution in [0.4, 0.5) is 0 Å². The number of hydrogen-bond donors (Lipinski definition) is 1. The van der Waals surface area contributed by atoms with Crippen LogP contribution in [0.5, 0.6) is 0 Å². The Bertz CT molecular complexity index is 377. The minimum Gasteiger partial charge on any atom is -0.313 e. The van der Waals surface area contributed by atoms with Crippen molar-refractivity contribution < 1.29 is 0 Å². The average Bonchev–Trinajstić information content (AvgIpc) is 2.93. The van der Waals surface area contributed by atoms with Crippen molar-refractivity contribution in [3.8, 4) is 0 Å². The Labute approximate surface area is 130 Å². The van der Waals surface area contributed by atoms with Gasteiger partial charge in [-0.25, -0.2) is 0 Å². The Hall–Kier alpha value is -0.900. The predicted octanol–water partition coefficient (Wildman–Crippen LogP) is 2.23. The van der Waals surface area contributed by atoms with Gasteiger partial charge < -0.3 is 15.1 Å². The molecule has 1 fully saturated rings. The zero-order valence-electron chi connectivity index (χ0n) is 13.7. The largest absolute Gasteiger partial charge is 0.313 e. The number of unbranched alkanes of at least 4 members (excludes halogenated alkanes) is 1. The highest BCUT2D eigenvalue weighted by atomic mass is 15.2. The monoisotopic (exact) mass is 289 g/mol. The maximum atomic E-state index is 3.72. The van der Waals surface area contributed by atoms with Gasteiger partial charge in [0.15, 0.2) is 0 Å². The summed E-state index contributed by atoms with van der Waals surface area (Å²) in [5, 5.41) is 3.72. The molecule has 0 saturated carbocycles. The lowest BCUT2D eigenvalue weighted by Gasteiger charge is -2.17. The van der Waals surface area contributed by atoms with Crippen molar-refractivity contribution in [1.29, 1.82) is 0 Å². The van der Waals surface area contributed by atoms with Crippen molar-refractivity contribution in [1.82, 2.24) is 15.1 Å². The zero-order chi connectivity index (χ0) is 14.9. The van der Waals surface area contributed by atoms with Gasteiger partial charge in [0.25, 0.3) is 0 Å². The average molecular weight is 289 g/mol. The summed E-state index contributed by atoms with van der Waals surface area (Å²) in [5.74, 6) is 0. The molecule has 0 amide bonds. The number of rotatable bonds is 9. The molecule has 21 heavy (non-hydrogen) atoms. The van der Waals surface area contributed by atoms with Crippen LogP contribution in [-0.2, 0) is 6.42 Å². The maximum absolute atomic E-state index is 3.72. The standard InChI is InChI=1S/C18H31N3/c1-20(2)13-7-6-12-19-18-11-15-21(16-18)14-10-17-8-4-3-5-9-17/h3-5,8-9,18-19H,6-7,10-16H2,1-2H3. The van der Waals surface area contributed by atoms with E-state index in [9.17, 15) is 0 Å². The van der Waals surface area contributed by atoms with Crippen molar-refractivity contribution in [3.05, 3.63) is 35.9 Å². The Balaban J connectivity index is 1.54. The molecule has 1 N–H and O–H groups in total. The number of hydrogen-bond acceptors (Lipinski definition) is 3. The van der Waals surface area contributed by atoms with E-state index in [2.05, 4.69) is 59.5 Å². The first kappa shape index (κ1) is 16.5. The fourth-order valence-corrected chi connectivity index (χ4v) is 2.99. The van der Waals surface area contributed by atoms with Crippen LogP contribution >= 0.6 is 0 Å². The molecule has 1 heterocycles. The highest BCUT2D eigenvalue weighted by molar-refractivity contribution is 5.14. The second kappa shape index (κ2) is 9.19. The highest BCUT2D eigenvalue weighted by Crippen LogP contribution is 2.10. The van der Waals surface area contributed by atoms with Gasteiger partial charge in [0.05, 0.1) is 0 Å². The summed E-state index contributed by atoms with van der Waals surface area (Å²) < 4.78 is 0. The topological polar surface area (TPSA) is 18.5 Å². The zero-order valence-corrected chi connectivity index (χ0v) is 13.7. The third-order valence-corrected chi connectivity index (χ3v) is 4.30. The van der Waals surface area contributed by atoms with E-state index >= 15 is 0 Å². The molecule has 1 aliphatic heterocycles. The molecular weight excluding hydrogens is 258 g/mol. The van der Waals surface area contributed by atoms with Gasteiger partial charge >= 0.3 is 0 Å². The molecule has 0 radical (unpaired) electrons. The van der Waals surface area contributed by atoms with Crippen molar-refractivity contribution >= 4 is 0 Å². The second-order valence-corrected chi connectivity index (χ2v) is 6.49. The second-order valence-electron chi connectivity index (χ2n) is 6.49. The van der Waals surface area contributed by atoms with Crippen LogP contribution in [0, 0.1) is 0 Å². The van der Waals surface area contributed by atoms with Gasteiger partial charge in [0.2, 0.25) is 0 Å². The SMILES string of the molecule is CN(C)CCCCNC1CCN(CCc2ccccc2)C1. The third-order valence-electron chi connectivity index (χ3n) is 4.30. The van der Waals surface area contributed by atoms with Crippen molar-refractivity contribution in [2.75, 3.05) is 46.8 Å². The summed E-state index contributed by atoms with van der Waals surface area (Å²) in [6.45, 7) is 6.05. The Kier molecular flexibility index (Phi) is 7.20. The van der Waals surface area contributed by atoms with Gasteiger partial charge in [-0.2, -0.15) is 0 Å². The van der Waals surface area contributed by atoms with E-state index in [1.165, 1.54) is 64.0 Å². The van der Waals surface area contributed by atoms with Crippen LogP contribution in [0.2, 0.25) is 0 Å². The van der Waals surface area contributed by atoms with E-state index < -0.39 is 0 Å². The molecule has 3 nitrogen and oxygen atoms in total. The maximum Gasteiger partial charge on any atom is 0.0207 e. The Morgan fingerprint density at radius 1 is 1.19 bits per heavy atom. The lowest BCUT2D eigenvalue weighted by molar-refractivity contribution is 0.330. The summed E-state index contributed by atoms with van der Waals surface area (Å²) in [5.41, 5.74) is 1.46. The summed E-state index contributed by atoms with van der Waals surface area (Å²) >= 11 is 0. The van der Waals surface area contributed by atoms with Gasteiger partial charge in [-0.15, -0.1) is 0 Å². The Morgan fingerprint density at radius 2 is 2.00 bits per heavy atom. The van der Waals surface area contributed by atoms with Gasteiger partial charge in [-0.3, -0.25) is 0 Å². The number of benzene rings is 1. The molecule has 1 aromatic carbocycles. The van der Waals surface area contributed by atoms with Crippen LogP contribution in [0.25, 0.3) is 0 Å². The molecule has 3 heteroatoms. The van der Waals surface area contributed by atoms with Crippen molar-refractivity contribution in [3.63, 3.8) is 0 Å². The molecule has 2 rings (SSSR count). The number of likely N-dealkylation sites (tertiary alicyclic amines) is 1. The molecule has 1 saturated heterocycles. The number of nitrogens with one attached hydrogen (secondary N) is 1. The summed E-state index contributed by atoms with van der Waals surface area (Å²) in [6, 6.07) is 11.5. The summed E-state index contributed by atoms with van der Waals surface area (Å²) in [4.78, 5) is 4.87. The van der Waals surface area contributed by atoms with Crippen LogP contribution < -0.4 is 5.32 Å². The first-order valence-corrected chi connectivity index (χ1v) is 8.38.